The van der Waals surface area contributed by atoms with Gasteiger partial charge in [-0.25, -0.2) is 4.79 Å². The molecule has 0 spiro atoms. The number of nitrogens with one attached hydrogen (secondary N) is 1. The highest BCUT2D eigenvalue weighted by Crippen LogP contribution is 2.13. The van der Waals surface area contributed by atoms with Crippen molar-refractivity contribution in [1.29, 1.82) is 0 Å². The summed E-state index contributed by atoms with van der Waals surface area (Å²) in [5, 5.41) is 2.93. The minimum atomic E-state index is -0.0624. The quantitative estimate of drug-likeness (QED) is 0.945. The van der Waals surface area contributed by atoms with Crippen molar-refractivity contribution in [3.8, 4) is 0 Å². The summed E-state index contributed by atoms with van der Waals surface area (Å²) in [4.78, 5) is 14.1. The molecule has 0 aromatic heterocycles. The van der Waals surface area contributed by atoms with E-state index in [1.807, 2.05) is 53.4 Å². The molecule has 4 heteroatoms. The number of hydrogen-bond acceptors (Lipinski definition) is 2. The fourth-order valence-electron chi connectivity index (χ4n) is 2.63. The maximum atomic E-state index is 12.3. The first kappa shape index (κ1) is 14.6. The van der Waals surface area contributed by atoms with E-state index in [1.54, 1.807) is 0 Å². The van der Waals surface area contributed by atoms with Gasteiger partial charge >= 0.3 is 6.03 Å². The summed E-state index contributed by atoms with van der Waals surface area (Å²) in [6, 6.07) is 19.7. The van der Waals surface area contributed by atoms with Crippen molar-refractivity contribution in [2.75, 3.05) is 25.0 Å². The second-order valence-corrected chi connectivity index (χ2v) is 5.42. The summed E-state index contributed by atoms with van der Waals surface area (Å²) in [5.74, 6) is 0. The molecule has 1 aliphatic heterocycles. The number of benzene rings is 2. The Morgan fingerprint density at radius 3 is 2.50 bits per heavy atom. The zero-order valence-electron chi connectivity index (χ0n) is 12.4. The molecule has 2 aromatic carbocycles. The monoisotopic (exact) mass is 296 g/mol. The van der Waals surface area contributed by atoms with Gasteiger partial charge in [-0.2, -0.15) is 0 Å². The van der Waals surface area contributed by atoms with Crippen LogP contribution in [-0.2, 0) is 11.2 Å². The Morgan fingerprint density at radius 1 is 1.09 bits per heavy atom. The Labute approximate surface area is 130 Å². The average Bonchev–Trinajstić information content (AvgIpc) is 2.57. The van der Waals surface area contributed by atoms with Crippen molar-refractivity contribution >= 4 is 11.7 Å². The summed E-state index contributed by atoms with van der Waals surface area (Å²) in [6.45, 7) is 1.83. The van der Waals surface area contributed by atoms with Gasteiger partial charge in [-0.3, -0.25) is 0 Å². The Kier molecular flexibility index (Phi) is 4.71. The van der Waals surface area contributed by atoms with Crippen molar-refractivity contribution < 1.29 is 9.53 Å². The van der Waals surface area contributed by atoms with Crippen LogP contribution in [0.25, 0.3) is 0 Å². The Bertz CT molecular complexity index is 601. The van der Waals surface area contributed by atoms with Crippen LogP contribution in [-0.4, -0.2) is 36.7 Å². The van der Waals surface area contributed by atoms with Crippen LogP contribution in [0.1, 0.15) is 5.56 Å². The molecule has 0 unspecified atom stereocenters. The lowest BCUT2D eigenvalue weighted by Gasteiger charge is -2.33. The minimum absolute atomic E-state index is 0.0534. The second-order valence-electron chi connectivity index (χ2n) is 5.42. The normalized spacial score (nSPS) is 18.0. The summed E-state index contributed by atoms with van der Waals surface area (Å²) >= 11 is 0. The van der Waals surface area contributed by atoms with Crippen LogP contribution in [0.2, 0.25) is 0 Å². The number of nitrogens with zero attached hydrogens (tertiary/aromatic N) is 1. The molecule has 1 saturated heterocycles. The molecule has 114 valence electrons. The van der Waals surface area contributed by atoms with Crippen LogP contribution in [0.5, 0.6) is 0 Å². The standard InChI is InChI=1S/C18H20N2O2/c21-18(19-16-9-5-2-6-10-16)20-11-12-22-17(14-20)13-15-7-3-1-4-8-15/h1-10,17H,11-14H2,(H,19,21)/t17-/m0/s1. The van der Waals surface area contributed by atoms with Gasteiger partial charge in [-0.05, 0) is 17.7 Å². The van der Waals surface area contributed by atoms with Gasteiger partial charge < -0.3 is 15.0 Å². The van der Waals surface area contributed by atoms with Gasteiger partial charge in [-0.1, -0.05) is 48.5 Å². The largest absolute Gasteiger partial charge is 0.374 e. The molecule has 1 fully saturated rings. The lowest BCUT2D eigenvalue weighted by Crippen LogP contribution is -2.48. The van der Waals surface area contributed by atoms with Gasteiger partial charge in [0, 0.05) is 25.2 Å². The van der Waals surface area contributed by atoms with Crippen molar-refractivity contribution in [1.82, 2.24) is 4.90 Å². The van der Waals surface area contributed by atoms with E-state index in [-0.39, 0.29) is 12.1 Å². The molecule has 2 aromatic rings. The number of carbonyl (C=O) groups excluding carboxylic acids is 1. The zero-order valence-corrected chi connectivity index (χ0v) is 12.4. The van der Waals surface area contributed by atoms with Crippen LogP contribution in [0.4, 0.5) is 10.5 Å². The predicted molar refractivity (Wildman–Crippen MR) is 86.9 cm³/mol. The molecule has 4 nitrogen and oxygen atoms in total. The molecule has 1 heterocycles. The van der Waals surface area contributed by atoms with Crippen LogP contribution < -0.4 is 5.32 Å². The number of rotatable bonds is 3. The zero-order chi connectivity index (χ0) is 15.2. The molecule has 1 aliphatic rings. The van der Waals surface area contributed by atoms with Crippen molar-refractivity contribution in [3.05, 3.63) is 66.2 Å². The first-order valence-corrected chi connectivity index (χ1v) is 7.58. The molecular weight excluding hydrogens is 276 g/mol. The van der Waals surface area contributed by atoms with Crippen LogP contribution in [0.3, 0.4) is 0 Å². The topological polar surface area (TPSA) is 41.6 Å². The molecule has 0 bridgehead atoms. The summed E-state index contributed by atoms with van der Waals surface area (Å²) in [6.07, 6.45) is 0.883. The number of hydrogen-bond donors (Lipinski definition) is 1. The minimum Gasteiger partial charge on any atom is -0.374 e. The van der Waals surface area contributed by atoms with E-state index in [0.717, 1.165) is 12.1 Å². The van der Waals surface area contributed by atoms with Crippen molar-refractivity contribution in [2.45, 2.75) is 12.5 Å². The fraction of sp³-hybridized carbons (Fsp3) is 0.278. The van der Waals surface area contributed by atoms with E-state index in [9.17, 15) is 4.79 Å². The van der Waals surface area contributed by atoms with Gasteiger partial charge in [0.05, 0.1) is 12.7 Å². The van der Waals surface area contributed by atoms with Gasteiger partial charge in [0.2, 0.25) is 0 Å². The Balaban J connectivity index is 1.57. The van der Waals surface area contributed by atoms with E-state index < -0.39 is 0 Å². The highest BCUT2D eigenvalue weighted by atomic mass is 16.5. The lowest BCUT2D eigenvalue weighted by atomic mass is 10.1. The average molecular weight is 296 g/mol. The van der Waals surface area contributed by atoms with Crippen molar-refractivity contribution in [2.24, 2.45) is 0 Å². The molecule has 1 atom stereocenters. The number of amides is 2. The predicted octanol–water partition coefficient (Wildman–Crippen LogP) is 3.16. The van der Waals surface area contributed by atoms with Gasteiger partial charge in [0.25, 0.3) is 0 Å². The molecule has 1 N–H and O–H groups in total. The number of carbonyl (C=O) groups is 1. The number of urea groups is 1. The number of anilines is 1. The van der Waals surface area contributed by atoms with E-state index in [0.29, 0.717) is 19.7 Å². The number of morpholine rings is 1. The molecule has 0 aliphatic carbocycles. The Morgan fingerprint density at radius 2 is 1.77 bits per heavy atom. The highest BCUT2D eigenvalue weighted by Gasteiger charge is 2.24. The summed E-state index contributed by atoms with van der Waals surface area (Å²) < 4.78 is 5.79. The third-order valence-electron chi connectivity index (χ3n) is 3.76. The fourth-order valence-corrected chi connectivity index (χ4v) is 2.63. The number of para-hydroxylation sites is 1. The van der Waals surface area contributed by atoms with Crippen LogP contribution in [0, 0.1) is 0 Å². The van der Waals surface area contributed by atoms with Gasteiger partial charge in [0.15, 0.2) is 0 Å². The van der Waals surface area contributed by atoms with Gasteiger partial charge in [-0.15, -0.1) is 0 Å². The molecule has 3 rings (SSSR count). The van der Waals surface area contributed by atoms with E-state index >= 15 is 0 Å². The SMILES string of the molecule is O=C(Nc1ccccc1)N1CCO[C@@H](Cc2ccccc2)C1. The second kappa shape index (κ2) is 7.09. The third-order valence-corrected chi connectivity index (χ3v) is 3.76. The summed E-state index contributed by atoms with van der Waals surface area (Å²) in [5.41, 5.74) is 2.05. The van der Waals surface area contributed by atoms with Crippen LogP contribution in [0.15, 0.2) is 60.7 Å². The summed E-state index contributed by atoms with van der Waals surface area (Å²) in [7, 11) is 0. The molecule has 2 amide bonds. The van der Waals surface area contributed by atoms with E-state index in [1.165, 1.54) is 5.56 Å². The molecule has 22 heavy (non-hydrogen) atoms. The molecule has 0 radical (unpaired) electrons. The van der Waals surface area contributed by atoms with Crippen molar-refractivity contribution in [3.63, 3.8) is 0 Å². The lowest BCUT2D eigenvalue weighted by molar-refractivity contribution is -0.0113. The van der Waals surface area contributed by atoms with Crippen LogP contribution >= 0.6 is 0 Å². The van der Waals surface area contributed by atoms with E-state index in [4.69, 9.17) is 4.74 Å². The highest BCUT2D eigenvalue weighted by molar-refractivity contribution is 5.89. The Hall–Kier alpha value is -2.33. The van der Waals surface area contributed by atoms with E-state index in [2.05, 4.69) is 17.4 Å². The maximum Gasteiger partial charge on any atom is 0.322 e. The first-order valence-electron chi connectivity index (χ1n) is 7.58. The first-order chi connectivity index (χ1) is 10.8. The third kappa shape index (κ3) is 3.86. The molecular formula is C18H20N2O2. The molecule has 0 saturated carbocycles. The smallest absolute Gasteiger partial charge is 0.322 e. The number of ether oxygens (including phenoxy) is 1. The van der Waals surface area contributed by atoms with Gasteiger partial charge in [0.1, 0.15) is 0 Å². The maximum absolute atomic E-state index is 12.3.